The van der Waals surface area contributed by atoms with Crippen LogP contribution in [0.15, 0.2) is 58.6 Å². The zero-order chi connectivity index (χ0) is 23.2. The Hall–Kier alpha value is -1.65. The maximum atomic E-state index is 13.0. The number of benzene rings is 2. The van der Waals surface area contributed by atoms with E-state index in [0.717, 1.165) is 16.7 Å². The van der Waals surface area contributed by atoms with Crippen LogP contribution in [0.2, 0.25) is 0 Å². The summed E-state index contributed by atoms with van der Waals surface area (Å²) in [6, 6.07) is 10.2. The Morgan fingerprint density at radius 2 is 1.45 bits per heavy atom. The predicted molar refractivity (Wildman–Crippen MR) is 120 cm³/mol. The van der Waals surface area contributed by atoms with Crippen LogP contribution in [0.1, 0.15) is 10.4 Å². The summed E-state index contributed by atoms with van der Waals surface area (Å²) >= 11 is 8.88. The number of halogens is 3. The van der Waals surface area contributed by atoms with Gasteiger partial charge in [0.2, 0.25) is 11.3 Å². The number of carboxylic acids is 1. The monoisotopic (exact) mass is 657 g/mol. The van der Waals surface area contributed by atoms with Crippen LogP contribution < -0.4 is 0 Å². The first-order valence-electron chi connectivity index (χ1n) is 7.92. The Bertz CT molecular complexity index is 1360. The van der Waals surface area contributed by atoms with Gasteiger partial charge in [-0.1, -0.05) is 12.1 Å². The van der Waals surface area contributed by atoms with Crippen molar-refractivity contribution in [3.63, 3.8) is 0 Å². The van der Waals surface area contributed by atoms with Crippen LogP contribution in [0, 0.1) is 0 Å². The molecule has 0 aliphatic heterocycles. The van der Waals surface area contributed by atoms with Crippen molar-refractivity contribution in [2.24, 2.45) is 0 Å². The molecule has 1 aromatic heterocycles. The molecule has 0 amide bonds. The van der Waals surface area contributed by atoms with Crippen LogP contribution in [0.4, 0.5) is 0 Å². The van der Waals surface area contributed by atoms with Gasteiger partial charge < -0.3 is 5.11 Å². The minimum Gasteiger partial charge on any atom is -0.478 e. The molecule has 2 N–H and O–H groups in total. The van der Waals surface area contributed by atoms with E-state index in [9.17, 15) is 26.2 Å². The number of nitrogens with zero attached hydrogens (tertiary/aromatic N) is 3. The van der Waals surface area contributed by atoms with E-state index < -0.39 is 37.5 Å². The molecule has 0 unspecified atom stereocenters. The second kappa shape index (κ2) is 8.37. The van der Waals surface area contributed by atoms with E-state index in [1.807, 2.05) is 0 Å². The SMILES string of the molecule is O=C(O)c1ccc(-c2nnc(S(=O)(=O)C(Br)(Br)Br)n2-c2ccc(S(=O)(=O)O)cc2)cc1. The molecule has 0 saturated heterocycles. The van der Waals surface area contributed by atoms with Crippen molar-refractivity contribution in [1.82, 2.24) is 14.8 Å². The van der Waals surface area contributed by atoms with Crippen molar-refractivity contribution < 1.29 is 31.3 Å². The third-order valence-electron chi connectivity index (χ3n) is 3.96. The molecular formula is C16H10Br3N3O7S2. The molecule has 3 aromatic rings. The first-order valence-corrected chi connectivity index (χ1v) is 13.2. The van der Waals surface area contributed by atoms with Crippen LogP contribution in [0.25, 0.3) is 17.1 Å². The summed E-state index contributed by atoms with van der Waals surface area (Å²) < 4.78 is 57.2. The number of alkyl halides is 3. The fourth-order valence-electron chi connectivity index (χ4n) is 2.50. The molecule has 2 aromatic carbocycles. The van der Waals surface area contributed by atoms with Crippen LogP contribution in [-0.2, 0) is 20.0 Å². The van der Waals surface area contributed by atoms with Crippen molar-refractivity contribution in [3.05, 3.63) is 54.1 Å². The molecule has 0 radical (unpaired) electrons. The maximum Gasteiger partial charge on any atom is 0.335 e. The van der Waals surface area contributed by atoms with Gasteiger partial charge in [-0.25, -0.2) is 13.2 Å². The van der Waals surface area contributed by atoms with Gasteiger partial charge in [0.15, 0.2) is 5.82 Å². The Balaban J connectivity index is 2.28. The van der Waals surface area contributed by atoms with E-state index in [0.29, 0.717) is 5.56 Å². The second-order valence-corrected chi connectivity index (χ2v) is 17.7. The molecule has 0 bridgehead atoms. The van der Waals surface area contributed by atoms with Crippen molar-refractivity contribution in [3.8, 4) is 17.1 Å². The molecule has 10 nitrogen and oxygen atoms in total. The highest BCUT2D eigenvalue weighted by Gasteiger charge is 2.42. The van der Waals surface area contributed by atoms with E-state index >= 15 is 0 Å². The quantitative estimate of drug-likeness (QED) is 0.309. The normalized spacial score (nSPS) is 12.6. The van der Waals surface area contributed by atoms with E-state index in [-0.39, 0.29) is 17.1 Å². The summed E-state index contributed by atoms with van der Waals surface area (Å²) in [5, 5.41) is 16.3. The molecule has 1 heterocycles. The van der Waals surface area contributed by atoms with Gasteiger partial charge in [-0.2, -0.15) is 8.42 Å². The van der Waals surface area contributed by atoms with Gasteiger partial charge in [0.1, 0.15) is 0 Å². The number of aromatic carboxylic acids is 1. The van der Waals surface area contributed by atoms with Crippen LogP contribution in [-0.4, -0.2) is 48.7 Å². The minimum atomic E-state index is -4.46. The van der Waals surface area contributed by atoms with E-state index in [2.05, 4.69) is 58.0 Å². The molecule has 0 aliphatic carbocycles. The average Bonchev–Trinajstić information content (AvgIpc) is 3.12. The Morgan fingerprint density at radius 3 is 1.90 bits per heavy atom. The summed E-state index contributed by atoms with van der Waals surface area (Å²) in [6.07, 6.45) is 0. The molecule has 0 fully saturated rings. The highest BCUT2D eigenvalue weighted by molar-refractivity contribution is 9.42. The molecule has 3 rings (SSSR count). The maximum absolute atomic E-state index is 13.0. The Labute approximate surface area is 201 Å². The molecule has 31 heavy (non-hydrogen) atoms. The first kappa shape index (κ1) is 24.0. The van der Waals surface area contributed by atoms with E-state index in [1.165, 1.54) is 36.4 Å². The van der Waals surface area contributed by atoms with Crippen LogP contribution >= 0.6 is 47.8 Å². The number of aromatic nitrogens is 3. The lowest BCUT2D eigenvalue weighted by Crippen LogP contribution is -2.22. The zero-order valence-corrected chi connectivity index (χ0v) is 21.2. The summed E-state index contributed by atoms with van der Waals surface area (Å²) in [7, 11) is -8.69. The molecule has 0 saturated carbocycles. The molecule has 164 valence electrons. The number of hydrogen-bond donors (Lipinski definition) is 2. The Morgan fingerprint density at radius 1 is 0.903 bits per heavy atom. The van der Waals surface area contributed by atoms with Gasteiger partial charge >= 0.3 is 5.97 Å². The first-order chi connectivity index (χ1) is 14.2. The number of hydrogen-bond acceptors (Lipinski definition) is 7. The summed E-state index contributed by atoms with van der Waals surface area (Å²) in [6.45, 7) is 0. The van der Waals surface area contributed by atoms with Gasteiger partial charge in [-0.3, -0.25) is 9.12 Å². The second-order valence-electron chi connectivity index (χ2n) is 5.94. The fourth-order valence-corrected chi connectivity index (χ4v) is 5.07. The van der Waals surface area contributed by atoms with Crippen molar-refractivity contribution in [2.75, 3.05) is 0 Å². The third-order valence-corrected chi connectivity index (χ3v) is 10.0. The van der Waals surface area contributed by atoms with Gasteiger partial charge in [-0.15, -0.1) is 10.2 Å². The topological polar surface area (TPSA) is 157 Å². The van der Waals surface area contributed by atoms with Gasteiger partial charge in [0, 0.05) is 11.3 Å². The van der Waals surface area contributed by atoms with E-state index in [1.54, 1.807) is 0 Å². The highest BCUT2D eigenvalue weighted by Crippen LogP contribution is 2.43. The summed E-state index contributed by atoms with van der Waals surface area (Å²) in [5.74, 6) is -1.09. The molecule has 15 heteroatoms. The van der Waals surface area contributed by atoms with Gasteiger partial charge in [0.25, 0.3) is 15.3 Å². The standard InChI is InChI=1S/C16H10Br3N3O7S2/c17-16(18,19)30(25,26)15-21-20-13(9-1-3-10(4-2-9)14(23)24)22(15)11-5-7-12(8-6-11)31(27,28)29/h1-8H,(H,23,24)(H,27,28,29). The lowest BCUT2D eigenvalue weighted by Gasteiger charge is -2.15. The van der Waals surface area contributed by atoms with Crippen molar-refractivity contribution in [2.45, 2.75) is 11.5 Å². The largest absolute Gasteiger partial charge is 0.478 e. The third kappa shape index (κ3) is 4.75. The fraction of sp³-hybridized carbons (Fsp3) is 0.0625. The number of carbonyl (C=O) groups is 1. The van der Waals surface area contributed by atoms with Crippen LogP contribution in [0.5, 0.6) is 0 Å². The van der Waals surface area contributed by atoms with Gasteiger partial charge in [0.05, 0.1) is 10.5 Å². The highest BCUT2D eigenvalue weighted by atomic mass is 80.0. The predicted octanol–water partition coefficient (Wildman–Crippen LogP) is 3.45. The zero-order valence-electron chi connectivity index (χ0n) is 14.8. The average molecular weight is 660 g/mol. The van der Waals surface area contributed by atoms with Crippen molar-refractivity contribution in [1.29, 1.82) is 0 Å². The summed E-state index contributed by atoms with van der Waals surface area (Å²) in [4.78, 5) is 10.7. The molecule has 0 spiro atoms. The molecule has 0 atom stereocenters. The molecule has 0 aliphatic rings. The smallest absolute Gasteiger partial charge is 0.335 e. The van der Waals surface area contributed by atoms with Gasteiger partial charge in [-0.05, 0) is 84.2 Å². The Kier molecular flexibility index (Phi) is 6.48. The minimum absolute atomic E-state index is 0.0144. The van der Waals surface area contributed by atoms with Crippen LogP contribution in [0.3, 0.4) is 0 Å². The molecular weight excluding hydrogens is 650 g/mol. The lowest BCUT2D eigenvalue weighted by atomic mass is 10.1. The lowest BCUT2D eigenvalue weighted by molar-refractivity contribution is 0.0697. The number of rotatable bonds is 5. The van der Waals surface area contributed by atoms with E-state index in [4.69, 9.17) is 5.11 Å². The number of sulfone groups is 1. The van der Waals surface area contributed by atoms with Crippen molar-refractivity contribution >= 4 is 73.7 Å². The number of carboxylic acid groups (broad SMARTS) is 1. The summed E-state index contributed by atoms with van der Waals surface area (Å²) in [5.41, 5.74) is 0.535.